The fourth-order valence-corrected chi connectivity index (χ4v) is 4.99. The van der Waals surface area contributed by atoms with Crippen molar-refractivity contribution in [3.8, 4) is 11.1 Å². The Morgan fingerprint density at radius 2 is 1.67 bits per heavy atom. The molecule has 33 heavy (non-hydrogen) atoms. The number of hydrogen-bond acceptors (Lipinski definition) is 4. The van der Waals surface area contributed by atoms with Crippen LogP contribution in [-0.4, -0.2) is 15.9 Å². The zero-order chi connectivity index (χ0) is 22.8. The number of rotatable bonds is 5. The molecule has 5 heteroatoms. The Bertz CT molecular complexity index is 1410. The molecule has 1 amide bonds. The molecule has 0 fully saturated rings. The van der Waals surface area contributed by atoms with Gasteiger partial charge in [0.05, 0.1) is 16.8 Å². The molecule has 0 unspecified atom stereocenters. The van der Waals surface area contributed by atoms with Crippen LogP contribution < -0.4 is 4.90 Å². The minimum Gasteiger partial charge on any atom is -0.279 e. The fourth-order valence-electron chi connectivity index (χ4n) is 3.97. The molecule has 3 aromatic carbocycles. The monoisotopic (exact) mass is 449 g/mol. The summed E-state index contributed by atoms with van der Waals surface area (Å²) in [5.74, 6) is -0.0769. The van der Waals surface area contributed by atoms with Crippen LogP contribution >= 0.6 is 11.3 Å². The first-order chi connectivity index (χ1) is 16.1. The fraction of sp³-hybridized carbons (Fsp3) is 0.107. The highest BCUT2D eigenvalue weighted by molar-refractivity contribution is 7.22. The van der Waals surface area contributed by atoms with Crippen molar-refractivity contribution < 1.29 is 4.79 Å². The Morgan fingerprint density at radius 3 is 2.39 bits per heavy atom. The average Bonchev–Trinajstić information content (AvgIpc) is 3.27. The van der Waals surface area contributed by atoms with Crippen LogP contribution in [0.4, 0.5) is 5.13 Å². The average molecular weight is 450 g/mol. The standard InChI is InChI=1S/C28H23N3OS/c1-19-15-20(2)26-25(16-19)30-28(33-26)31(18-21-7-6-14-29-17-21)27(32)24-12-10-23(11-13-24)22-8-4-3-5-9-22/h3-17H,18H2,1-2H3. The summed E-state index contributed by atoms with van der Waals surface area (Å²) < 4.78 is 1.11. The van der Waals surface area contributed by atoms with E-state index in [0.717, 1.165) is 26.9 Å². The summed E-state index contributed by atoms with van der Waals surface area (Å²) in [5, 5.41) is 0.694. The predicted octanol–water partition coefficient (Wildman–Crippen LogP) is 6.82. The van der Waals surface area contributed by atoms with Crippen molar-refractivity contribution in [3.63, 3.8) is 0 Å². The maximum Gasteiger partial charge on any atom is 0.260 e. The van der Waals surface area contributed by atoms with E-state index in [2.05, 4.69) is 43.1 Å². The van der Waals surface area contributed by atoms with Gasteiger partial charge in [0.25, 0.3) is 5.91 Å². The molecule has 0 spiro atoms. The third kappa shape index (κ3) is 4.41. The molecule has 0 N–H and O–H groups in total. The smallest absolute Gasteiger partial charge is 0.260 e. The van der Waals surface area contributed by atoms with Crippen molar-refractivity contribution in [2.75, 3.05) is 4.90 Å². The van der Waals surface area contributed by atoms with Crippen LogP contribution in [0.3, 0.4) is 0 Å². The molecule has 162 valence electrons. The second-order valence-electron chi connectivity index (χ2n) is 8.12. The van der Waals surface area contributed by atoms with Gasteiger partial charge in [0.1, 0.15) is 0 Å². The highest BCUT2D eigenvalue weighted by atomic mass is 32.1. The molecule has 4 nitrogen and oxygen atoms in total. The van der Waals surface area contributed by atoms with Crippen molar-refractivity contribution >= 4 is 32.6 Å². The first kappa shape index (κ1) is 21.0. The topological polar surface area (TPSA) is 46.1 Å². The summed E-state index contributed by atoms with van der Waals surface area (Å²) in [7, 11) is 0. The van der Waals surface area contributed by atoms with E-state index in [-0.39, 0.29) is 5.91 Å². The Morgan fingerprint density at radius 1 is 0.909 bits per heavy atom. The van der Waals surface area contributed by atoms with Gasteiger partial charge in [0, 0.05) is 18.0 Å². The van der Waals surface area contributed by atoms with Crippen molar-refractivity contribution in [1.82, 2.24) is 9.97 Å². The van der Waals surface area contributed by atoms with Crippen LogP contribution in [-0.2, 0) is 6.54 Å². The van der Waals surface area contributed by atoms with Crippen LogP contribution in [0.1, 0.15) is 27.0 Å². The van der Waals surface area contributed by atoms with Gasteiger partial charge in [-0.15, -0.1) is 0 Å². The van der Waals surface area contributed by atoms with Crippen LogP contribution in [0, 0.1) is 13.8 Å². The summed E-state index contributed by atoms with van der Waals surface area (Å²) in [5.41, 5.74) is 7.06. The molecule has 0 aliphatic heterocycles. The quantitative estimate of drug-likeness (QED) is 0.296. The van der Waals surface area contributed by atoms with Gasteiger partial charge in [-0.2, -0.15) is 0 Å². The molecule has 2 aromatic heterocycles. The zero-order valence-electron chi connectivity index (χ0n) is 18.5. The molecule has 5 rings (SSSR count). The first-order valence-electron chi connectivity index (χ1n) is 10.8. The number of carbonyl (C=O) groups excluding carboxylic acids is 1. The lowest BCUT2D eigenvalue weighted by molar-refractivity contribution is 0.0985. The molecule has 0 saturated carbocycles. The third-order valence-corrected chi connectivity index (χ3v) is 6.82. The number of fused-ring (bicyclic) bond motifs is 1. The van der Waals surface area contributed by atoms with E-state index in [1.165, 1.54) is 11.1 Å². The largest absolute Gasteiger partial charge is 0.279 e. The van der Waals surface area contributed by atoms with E-state index in [0.29, 0.717) is 17.2 Å². The van der Waals surface area contributed by atoms with E-state index in [1.54, 1.807) is 28.6 Å². The summed E-state index contributed by atoms with van der Waals surface area (Å²) in [6, 6.07) is 26.0. The Kier molecular flexibility index (Phi) is 5.71. The third-order valence-electron chi connectivity index (χ3n) is 5.59. The van der Waals surface area contributed by atoms with E-state index in [1.807, 2.05) is 54.6 Å². The lowest BCUT2D eigenvalue weighted by Gasteiger charge is -2.20. The van der Waals surface area contributed by atoms with Gasteiger partial charge in [-0.25, -0.2) is 4.98 Å². The molecule has 0 atom stereocenters. The number of nitrogens with zero attached hydrogens (tertiary/aromatic N) is 3. The number of anilines is 1. The Hall–Kier alpha value is -3.83. The summed E-state index contributed by atoms with van der Waals surface area (Å²) in [6.07, 6.45) is 3.53. The molecule has 5 aromatic rings. The number of aromatic nitrogens is 2. The van der Waals surface area contributed by atoms with E-state index >= 15 is 0 Å². The maximum atomic E-state index is 13.7. The van der Waals surface area contributed by atoms with E-state index < -0.39 is 0 Å². The molecule has 2 heterocycles. The number of thiazole rings is 1. The number of hydrogen-bond donors (Lipinski definition) is 0. The predicted molar refractivity (Wildman–Crippen MR) is 136 cm³/mol. The second kappa shape index (κ2) is 8.96. The Balaban J connectivity index is 1.53. The van der Waals surface area contributed by atoms with Crippen LogP contribution in [0.15, 0.2) is 91.3 Å². The maximum absolute atomic E-state index is 13.7. The number of pyridine rings is 1. The van der Waals surface area contributed by atoms with Crippen molar-refractivity contribution in [3.05, 3.63) is 114 Å². The van der Waals surface area contributed by atoms with E-state index in [4.69, 9.17) is 4.98 Å². The second-order valence-corrected chi connectivity index (χ2v) is 9.10. The molecular weight excluding hydrogens is 426 g/mol. The highest BCUT2D eigenvalue weighted by Gasteiger charge is 2.22. The molecule has 0 aliphatic rings. The van der Waals surface area contributed by atoms with Crippen LogP contribution in [0.5, 0.6) is 0 Å². The highest BCUT2D eigenvalue weighted by Crippen LogP contribution is 2.33. The summed E-state index contributed by atoms with van der Waals surface area (Å²) in [4.78, 5) is 24.5. The van der Waals surface area contributed by atoms with Crippen molar-refractivity contribution in [2.45, 2.75) is 20.4 Å². The lowest BCUT2D eigenvalue weighted by Crippen LogP contribution is -2.30. The molecule has 0 saturated heterocycles. The minimum atomic E-state index is -0.0769. The SMILES string of the molecule is Cc1cc(C)c2sc(N(Cc3cccnc3)C(=O)c3ccc(-c4ccccc4)cc3)nc2c1. The summed E-state index contributed by atoms with van der Waals surface area (Å²) >= 11 is 1.56. The van der Waals surface area contributed by atoms with Crippen molar-refractivity contribution in [2.24, 2.45) is 0 Å². The zero-order valence-corrected chi connectivity index (χ0v) is 19.3. The number of aryl methyl sites for hydroxylation is 2. The van der Waals surface area contributed by atoms with Gasteiger partial charge >= 0.3 is 0 Å². The normalized spacial score (nSPS) is 11.0. The molecule has 0 bridgehead atoms. The number of amides is 1. The van der Waals surface area contributed by atoms with Crippen molar-refractivity contribution in [1.29, 1.82) is 0 Å². The molecule has 0 aliphatic carbocycles. The van der Waals surface area contributed by atoms with Crippen LogP contribution in [0.2, 0.25) is 0 Å². The molecular formula is C28H23N3OS. The van der Waals surface area contributed by atoms with Gasteiger partial charge < -0.3 is 0 Å². The van der Waals surface area contributed by atoms with Gasteiger partial charge in [-0.3, -0.25) is 14.7 Å². The van der Waals surface area contributed by atoms with Gasteiger partial charge in [0.15, 0.2) is 5.13 Å². The van der Waals surface area contributed by atoms with Gasteiger partial charge in [0.2, 0.25) is 0 Å². The summed E-state index contributed by atoms with van der Waals surface area (Å²) in [6.45, 7) is 4.57. The first-order valence-corrected chi connectivity index (χ1v) is 11.6. The minimum absolute atomic E-state index is 0.0769. The lowest BCUT2D eigenvalue weighted by atomic mass is 10.0. The number of carbonyl (C=O) groups is 1. The molecule has 0 radical (unpaired) electrons. The number of benzene rings is 3. The Labute approximate surface area is 197 Å². The van der Waals surface area contributed by atoms with E-state index in [9.17, 15) is 4.79 Å². The van der Waals surface area contributed by atoms with Gasteiger partial charge in [-0.05, 0) is 65.9 Å². The van der Waals surface area contributed by atoms with Gasteiger partial charge in [-0.1, -0.05) is 65.9 Å². The van der Waals surface area contributed by atoms with Crippen LogP contribution in [0.25, 0.3) is 21.3 Å².